The van der Waals surface area contributed by atoms with Crippen LogP contribution in [0.5, 0.6) is 0 Å². The van der Waals surface area contributed by atoms with Crippen LogP contribution in [0.25, 0.3) is 12.2 Å². The third-order valence-electron chi connectivity index (χ3n) is 4.18. The van der Waals surface area contributed by atoms with Gasteiger partial charge in [-0.3, -0.25) is 9.59 Å². The maximum Gasteiger partial charge on any atom is 0.271 e. The number of nitrogens with one attached hydrogen (secondary N) is 3. The van der Waals surface area contributed by atoms with Crippen LogP contribution in [-0.4, -0.2) is 29.2 Å². The van der Waals surface area contributed by atoms with Crippen molar-refractivity contribution in [2.75, 3.05) is 7.05 Å². The number of allylic oxidation sites excluding steroid dienone is 3. The molecule has 0 aliphatic rings. The first-order valence-electron chi connectivity index (χ1n) is 9.37. The van der Waals surface area contributed by atoms with Gasteiger partial charge in [-0.15, -0.1) is 0 Å². The number of H-pyrrole nitrogens is 1. The Bertz CT molecular complexity index is 1050. The number of nitriles is 1. The highest BCUT2D eigenvalue weighted by Crippen LogP contribution is 2.23. The quantitative estimate of drug-likeness (QED) is 0.374. The summed E-state index contributed by atoms with van der Waals surface area (Å²) in [6, 6.07) is 9.19. The van der Waals surface area contributed by atoms with Gasteiger partial charge in [0.15, 0.2) is 6.29 Å². The third-order valence-corrected chi connectivity index (χ3v) is 4.18. The molecule has 0 bridgehead atoms. The van der Waals surface area contributed by atoms with Gasteiger partial charge >= 0.3 is 0 Å². The molecule has 7 heteroatoms. The number of rotatable bonds is 7. The number of hydrogen-bond acceptors (Lipinski definition) is 5. The van der Waals surface area contributed by atoms with Crippen molar-refractivity contribution in [3.8, 4) is 6.07 Å². The molecule has 2 rings (SSSR count). The molecule has 1 amide bonds. The molecule has 0 atom stereocenters. The molecule has 0 spiro atoms. The number of aromatic nitrogens is 2. The second-order valence-corrected chi connectivity index (χ2v) is 7.51. The fourth-order valence-electron chi connectivity index (χ4n) is 2.70. The average molecular weight is 403 g/mol. The molecular formula is C23H25N5O2. The molecule has 2 aromatic rings. The van der Waals surface area contributed by atoms with Gasteiger partial charge in [-0.05, 0) is 29.8 Å². The van der Waals surface area contributed by atoms with Crippen LogP contribution in [0.3, 0.4) is 0 Å². The number of nitrogens with zero attached hydrogens (tertiary/aromatic N) is 2. The summed E-state index contributed by atoms with van der Waals surface area (Å²) in [6.07, 6.45) is 8.74. The van der Waals surface area contributed by atoms with Gasteiger partial charge in [0.1, 0.15) is 0 Å². The van der Waals surface area contributed by atoms with Gasteiger partial charge in [-0.1, -0.05) is 45.1 Å². The molecule has 7 nitrogen and oxygen atoms in total. The van der Waals surface area contributed by atoms with Crippen LogP contribution in [-0.2, 0) is 15.0 Å². The lowest BCUT2D eigenvalue weighted by atomic mass is 9.90. The fraction of sp³-hybridized carbons (Fsp3) is 0.217. The molecule has 0 radical (unpaired) electrons. The molecule has 3 N–H and O–H groups in total. The minimum absolute atomic E-state index is 0.101. The highest BCUT2D eigenvalue weighted by atomic mass is 16.2. The van der Waals surface area contributed by atoms with Crippen molar-refractivity contribution in [1.82, 2.24) is 20.6 Å². The summed E-state index contributed by atoms with van der Waals surface area (Å²) in [5.41, 5.74) is 3.03. The molecule has 0 aliphatic carbocycles. The summed E-state index contributed by atoms with van der Waals surface area (Å²) in [5, 5.41) is 14.4. The zero-order valence-corrected chi connectivity index (χ0v) is 17.5. The molecule has 1 aromatic carbocycles. The summed E-state index contributed by atoms with van der Waals surface area (Å²) in [7, 11) is 1.62. The van der Waals surface area contributed by atoms with E-state index in [0.717, 1.165) is 11.3 Å². The molecular weight excluding hydrogens is 378 g/mol. The van der Waals surface area contributed by atoms with Crippen LogP contribution >= 0.6 is 0 Å². The monoisotopic (exact) mass is 403 g/mol. The number of benzene rings is 1. The smallest absolute Gasteiger partial charge is 0.271 e. The van der Waals surface area contributed by atoms with Gasteiger partial charge in [0.2, 0.25) is 0 Å². The SMILES string of the molecule is CN/C(=C\C=C\c1cccc(C#N)c1)C(=O)N/C(C=O)=C\c1nc[nH]c1C(C)(C)C. The van der Waals surface area contributed by atoms with Crippen LogP contribution in [0, 0.1) is 11.3 Å². The third kappa shape index (κ3) is 6.04. The lowest BCUT2D eigenvalue weighted by molar-refractivity contribution is -0.118. The van der Waals surface area contributed by atoms with Gasteiger partial charge in [0.25, 0.3) is 5.91 Å². The van der Waals surface area contributed by atoms with Crippen molar-refractivity contribution in [2.45, 2.75) is 26.2 Å². The van der Waals surface area contributed by atoms with Gasteiger partial charge < -0.3 is 15.6 Å². The molecule has 1 heterocycles. The minimum atomic E-state index is -0.459. The second kappa shape index (κ2) is 10.0. The predicted molar refractivity (Wildman–Crippen MR) is 117 cm³/mol. The Balaban J connectivity index is 2.17. The van der Waals surface area contributed by atoms with E-state index in [2.05, 4.69) is 26.7 Å². The molecule has 30 heavy (non-hydrogen) atoms. The van der Waals surface area contributed by atoms with Gasteiger partial charge in [-0.2, -0.15) is 5.26 Å². The summed E-state index contributed by atoms with van der Waals surface area (Å²) in [5.74, 6) is -0.459. The lowest BCUT2D eigenvalue weighted by Crippen LogP contribution is -2.30. The average Bonchev–Trinajstić information content (AvgIpc) is 3.19. The lowest BCUT2D eigenvalue weighted by Gasteiger charge is -2.17. The van der Waals surface area contributed by atoms with E-state index >= 15 is 0 Å². The van der Waals surface area contributed by atoms with E-state index in [1.54, 1.807) is 55.9 Å². The number of aldehydes is 1. The number of carbonyl (C=O) groups excluding carboxylic acids is 2. The number of amides is 1. The molecule has 0 fully saturated rings. The van der Waals surface area contributed by atoms with E-state index in [1.807, 2.05) is 26.8 Å². The first kappa shape index (κ1) is 22.4. The van der Waals surface area contributed by atoms with Crippen molar-refractivity contribution < 1.29 is 9.59 Å². The molecule has 0 saturated heterocycles. The molecule has 1 aromatic heterocycles. The number of imidazole rings is 1. The van der Waals surface area contributed by atoms with Crippen molar-refractivity contribution in [3.63, 3.8) is 0 Å². The molecule has 0 unspecified atom stereocenters. The van der Waals surface area contributed by atoms with Crippen LogP contribution in [0.2, 0.25) is 0 Å². The topological polar surface area (TPSA) is 111 Å². The van der Waals surface area contributed by atoms with Crippen molar-refractivity contribution >= 4 is 24.3 Å². The van der Waals surface area contributed by atoms with Crippen molar-refractivity contribution in [3.05, 3.63) is 76.7 Å². The molecule has 154 valence electrons. The van der Waals surface area contributed by atoms with E-state index in [4.69, 9.17) is 5.26 Å². The van der Waals surface area contributed by atoms with Crippen molar-refractivity contribution in [2.24, 2.45) is 0 Å². The number of aromatic amines is 1. The van der Waals surface area contributed by atoms with Crippen molar-refractivity contribution in [1.29, 1.82) is 5.26 Å². The van der Waals surface area contributed by atoms with Crippen LogP contribution < -0.4 is 10.6 Å². The van der Waals surface area contributed by atoms with Crippen LogP contribution in [0.15, 0.2) is 54.1 Å². The number of carbonyl (C=O) groups is 2. The highest BCUT2D eigenvalue weighted by molar-refractivity contribution is 5.99. The summed E-state index contributed by atoms with van der Waals surface area (Å²) in [4.78, 5) is 31.4. The molecule has 0 aliphatic heterocycles. The Kier molecular flexibility index (Phi) is 7.48. The zero-order chi connectivity index (χ0) is 22.1. The van der Waals surface area contributed by atoms with E-state index in [1.165, 1.54) is 0 Å². The standard InChI is InChI=1S/C23H25N5O2/c1-23(2,3)21-20(26-15-27-21)12-18(14-29)28-22(30)19(25-4)10-6-8-16-7-5-9-17(11-16)13-24/h5-12,14-15,25H,1-4H3,(H,26,27)(H,28,30)/b8-6+,18-12-,19-10-. The maximum absolute atomic E-state index is 12.5. The van der Waals surface area contributed by atoms with E-state index in [-0.39, 0.29) is 16.8 Å². The van der Waals surface area contributed by atoms with Gasteiger partial charge in [0, 0.05) is 18.2 Å². The highest BCUT2D eigenvalue weighted by Gasteiger charge is 2.20. The minimum Gasteiger partial charge on any atom is -0.384 e. The molecule has 0 saturated carbocycles. The van der Waals surface area contributed by atoms with Gasteiger partial charge in [0.05, 0.1) is 35.0 Å². The second-order valence-electron chi connectivity index (χ2n) is 7.51. The normalized spacial score (nSPS) is 12.5. The first-order valence-corrected chi connectivity index (χ1v) is 9.37. The van der Waals surface area contributed by atoms with Crippen LogP contribution in [0.1, 0.15) is 43.3 Å². The van der Waals surface area contributed by atoms with E-state index in [0.29, 0.717) is 17.5 Å². The zero-order valence-electron chi connectivity index (χ0n) is 17.5. The summed E-state index contributed by atoms with van der Waals surface area (Å²) in [6.45, 7) is 6.08. The fourth-order valence-corrected chi connectivity index (χ4v) is 2.70. The first-order chi connectivity index (χ1) is 14.3. The Hall–Kier alpha value is -3.92. The van der Waals surface area contributed by atoms with E-state index in [9.17, 15) is 9.59 Å². The number of likely N-dealkylation sites (N-methyl/N-ethyl adjacent to an activating group) is 1. The number of hydrogen-bond donors (Lipinski definition) is 3. The Morgan fingerprint density at radius 1 is 1.30 bits per heavy atom. The predicted octanol–water partition coefficient (Wildman–Crippen LogP) is 3.05. The van der Waals surface area contributed by atoms with E-state index < -0.39 is 5.91 Å². The van der Waals surface area contributed by atoms with Crippen LogP contribution in [0.4, 0.5) is 0 Å². The Labute approximate surface area is 176 Å². The maximum atomic E-state index is 12.5. The summed E-state index contributed by atoms with van der Waals surface area (Å²) < 4.78 is 0. The Morgan fingerprint density at radius 2 is 2.07 bits per heavy atom. The summed E-state index contributed by atoms with van der Waals surface area (Å²) >= 11 is 0. The Morgan fingerprint density at radius 3 is 2.70 bits per heavy atom. The largest absolute Gasteiger partial charge is 0.384 e. The van der Waals surface area contributed by atoms with Gasteiger partial charge in [-0.25, -0.2) is 4.98 Å².